The van der Waals surface area contributed by atoms with E-state index in [-0.39, 0.29) is 23.3 Å². The molecule has 7 aromatic rings. The Morgan fingerprint density at radius 3 is 2.24 bits per heavy atom. The maximum Gasteiger partial charge on any atom is 0.371 e. The van der Waals surface area contributed by atoms with Gasteiger partial charge in [-0.05, 0) is 53.6 Å². The van der Waals surface area contributed by atoms with Crippen molar-refractivity contribution in [3.63, 3.8) is 0 Å². The fourth-order valence-electron chi connectivity index (χ4n) is 5.39. The Morgan fingerprint density at radius 2 is 1.55 bits per heavy atom. The standard InChI is InChI=1S/C24H27N5O2.2C9H6O3/c1-29(17-19-10-7-12-26-16-19)24(31)22(14-18-8-3-2-4-9-18)28-23(30)21(25)15-20-11-5-6-13-27-20;2*10-9(11)8-5-6-3-1-2-4-7(6)12-8/h2-13,16,21-22H,14-15,17,25H2,1H3,(H,28,30);2*1-5H,(H,10,11)/t21-,22-;;/m0../s1/i;9+2;1T. The van der Waals surface area contributed by atoms with E-state index in [0.717, 1.165) is 22.2 Å². The number of pyridine rings is 2. The number of hydrogen-bond acceptors (Lipinski definition) is 9. The van der Waals surface area contributed by atoms with E-state index in [9.17, 15) is 19.2 Å². The molecular formula is C42H39N5O8. The Labute approximate surface area is 317 Å². The first kappa shape index (κ1) is 37.6. The van der Waals surface area contributed by atoms with E-state index < -0.39 is 24.0 Å². The zero-order chi connectivity index (χ0) is 40.0. The third-order valence-electron chi connectivity index (χ3n) is 8.12. The van der Waals surface area contributed by atoms with E-state index in [1.807, 2.05) is 72.8 Å². The van der Waals surface area contributed by atoms with Crippen molar-refractivity contribution in [1.29, 1.82) is 0 Å². The first-order chi connectivity index (χ1) is 27.0. The van der Waals surface area contributed by atoms with Gasteiger partial charge in [0.15, 0.2) is 0 Å². The minimum Gasteiger partial charge on any atom is -0.475 e. The van der Waals surface area contributed by atoms with Crippen LogP contribution < -0.4 is 11.1 Å². The number of carbonyl (C=O) groups excluding carboxylic acids is 2. The van der Waals surface area contributed by atoms with E-state index in [4.69, 9.17) is 26.2 Å². The van der Waals surface area contributed by atoms with Crippen molar-refractivity contribution in [3.8, 4) is 0 Å². The molecule has 13 nitrogen and oxygen atoms in total. The molecule has 0 saturated carbocycles. The van der Waals surface area contributed by atoms with Gasteiger partial charge in [0, 0.05) is 61.5 Å². The van der Waals surface area contributed by atoms with Crippen LogP contribution in [0.2, 0.25) is 0 Å². The van der Waals surface area contributed by atoms with Gasteiger partial charge in [0.2, 0.25) is 23.3 Å². The second-order valence-corrected chi connectivity index (χ2v) is 12.3. The highest BCUT2D eigenvalue weighted by Crippen LogP contribution is 2.19. The normalized spacial score (nSPS) is 11.9. The minimum absolute atomic E-state index is 0.0174. The molecule has 55 heavy (non-hydrogen) atoms. The summed E-state index contributed by atoms with van der Waals surface area (Å²) in [5, 5.41) is 21.5. The third kappa shape index (κ3) is 11.4. The number of hydrogen-bond donors (Lipinski definition) is 4. The summed E-state index contributed by atoms with van der Waals surface area (Å²) in [5.41, 5.74) is 9.80. The number of para-hydroxylation sites is 2. The fraction of sp³-hybridized carbons (Fsp3) is 0.143. The van der Waals surface area contributed by atoms with Crippen LogP contribution in [-0.4, -0.2) is 68.0 Å². The molecule has 2 amide bonds. The van der Waals surface area contributed by atoms with Crippen molar-refractivity contribution in [2.75, 3.05) is 7.05 Å². The van der Waals surface area contributed by atoms with Gasteiger partial charge in [-0.2, -0.15) is 0 Å². The van der Waals surface area contributed by atoms with Gasteiger partial charge in [0.05, 0.1) is 7.41 Å². The first-order valence-electron chi connectivity index (χ1n) is 17.6. The number of benzene rings is 3. The molecule has 0 aliphatic rings. The second kappa shape index (κ2) is 19.1. The summed E-state index contributed by atoms with van der Waals surface area (Å²) >= 11 is 0. The zero-order valence-corrected chi connectivity index (χ0v) is 29.7. The van der Waals surface area contributed by atoms with Crippen molar-refractivity contribution in [2.45, 2.75) is 31.5 Å². The topological polar surface area (TPSA) is 202 Å². The molecule has 2 atom stereocenters. The van der Waals surface area contributed by atoms with Gasteiger partial charge in [0.1, 0.15) is 17.2 Å². The van der Waals surface area contributed by atoms with Gasteiger partial charge < -0.3 is 35.0 Å². The molecule has 5 N–H and O–H groups in total. The summed E-state index contributed by atoms with van der Waals surface area (Å²) in [7, 11) is 1.72. The Bertz CT molecular complexity index is 2350. The molecule has 4 heterocycles. The molecule has 4 aromatic heterocycles. The Hall–Kier alpha value is -7.12. The quantitative estimate of drug-likeness (QED) is 0.121. The number of amides is 2. The van der Waals surface area contributed by atoms with Gasteiger partial charge in [-0.3, -0.25) is 19.6 Å². The van der Waals surface area contributed by atoms with Crippen LogP contribution in [0.3, 0.4) is 0 Å². The van der Waals surface area contributed by atoms with Crippen LogP contribution in [0.25, 0.3) is 21.9 Å². The minimum atomic E-state index is -1.09. The summed E-state index contributed by atoms with van der Waals surface area (Å²) in [6.45, 7) is 0.397. The van der Waals surface area contributed by atoms with E-state index in [2.05, 4.69) is 15.3 Å². The van der Waals surface area contributed by atoms with Crippen LogP contribution in [0.15, 0.2) is 149 Å². The Kier molecular flexibility index (Phi) is 13.1. The van der Waals surface area contributed by atoms with Crippen LogP contribution >= 0.6 is 0 Å². The highest BCUT2D eigenvalue weighted by atomic mass is 16.6. The number of aromatic carboxylic acids is 2. The zero-order valence-electron chi connectivity index (χ0n) is 30.7. The Balaban J connectivity index is 0.000000194. The van der Waals surface area contributed by atoms with Crippen LogP contribution in [0, 0.1) is 0 Å². The van der Waals surface area contributed by atoms with Gasteiger partial charge in [0.25, 0.3) is 0 Å². The van der Waals surface area contributed by atoms with Gasteiger partial charge in [-0.1, -0.05) is 78.8 Å². The average molecular weight is 746 g/mol. The number of carboxylic acid groups (broad SMARTS) is 2. The third-order valence-corrected chi connectivity index (χ3v) is 8.12. The molecule has 0 saturated heterocycles. The van der Waals surface area contributed by atoms with E-state index in [1.54, 1.807) is 60.9 Å². The molecule has 280 valence electrons. The molecule has 0 unspecified atom stereocenters. The Morgan fingerprint density at radius 1 is 0.855 bits per heavy atom. The number of nitrogens with two attached hydrogens (primary N) is 1. The number of likely N-dealkylation sites (N-methyl/N-ethyl adjacent to an activating group) is 1. The predicted molar refractivity (Wildman–Crippen MR) is 205 cm³/mol. The molecule has 0 bridgehead atoms. The van der Waals surface area contributed by atoms with E-state index >= 15 is 0 Å². The lowest BCUT2D eigenvalue weighted by Crippen LogP contribution is -2.53. The second-order valence-electron chi connectivity index (χ2n) is 12.3. The van der Waals surface area contributed by atoms with Crippen LogP contribution in [0.1, 0.15) is 39.3 Å². The maximum absolute atomic E-state index is 13.2. The van der Waals surface area contributed by atoms with Gasteiger partial charge in [-0.15, -0.1) is 0 Å². The number of fused-ring (bicyclic) bond motifs is 2. The molecule has 0 aliphatic heterocycles. The van der Waals surface area contributed by atoms with E-state index in [0.29, 0.717) is 42.0 Å². The van der Waals surface area contributed by atoms with Crippen molar-refractivity contribution < 1.29 is 39.6 Å². The molecule has 3 aromatic carbocycles. The SMILES string of the molecule is CN(Cc1cccnc1)C(=O)[C@H](Cc1ccccc1)NC(=O)[C@@H](N)Cc1ccccn1.O=[14C](O)c1cc2ccccc2o1.[3H]c1ccc2oc(C(=O)O)cc2c1. The van der Waals surface area contributed by atoms with Crippen LogP contribution in [-0.2, 0) is 29.0 Å². The molecular weight excluding hydrogens is 704 g/mol. The maximum atomic E-state index is 13.2. The number of furan rings is 2. The lowest BCUT2D eigenvalue weighted by Gasteiger charge is -2.26. The molecule has 0 fully saturated rings. The monoisotopic (exact) mass is 745 g/mol. The summed E-state index contributed by atoms with van der Waals surface area (Å²) in [5.74, 6) is -2.81. The predicted octanol–water partition coefficient (Wildman–Crippen LogP) is 5.99. The first-order valence-corrected chi connectivity index (χ1v) is 17.1. The van der Waals surface area contributed by atoms with Crippen molar-refractivity contribution in [1.82, 2.24) is 20.2 Å². The summed E-state index contributed by atoms with van der Waals surface area (Å²) in [4.78, 5) is 56.9. The van der Waals surface area contributed by atoms with Crippen molar-refractivity contribution in [3.05, 3.63) is 168 Å². The van der Waals surface area contributed by atoms with Crippen molar-refractivity contribution in [2.24, 2.45) is 5.73 Å². The number of aromatic nitrogens is 2. The molecule has 7 rings (SSSR count). The van der Waals surface area contributed by atoms with Crippen LogP contribution in [0.4, 0.5) is 0 Å². The number of rotatable bonds is 11. The fourth-order valence-corrected chi connectivity index (χ4v) is 5.39. The molecule has 0 radical (unpaired) electrons. The van der Waals surface area contributed by atoms with Gasteiger partial charge >= 0.3 is 11.9 Å². The molecule has 0 aliphatic carbocycles. The lowest BCUT2D eigenvalue weighted by atomic mass is 10.0. The number of carboxylic acids is 2. The average Bonchev–Trinajstić information content (AvgIpc) is 3.84. The summed E-state index contributed by atoms with van der Waals surface area (Å²) in [6.07, 6.45) is 5.74. The number of carbonyl (C=O) groups is 4. The number of nitrogens with zero attached hydrogens (tertiary/aromatic N) is 3. The van der Waals surface area contributed by atoms with Gasteiger partial charge in [-0.25, -0.2) is 9.59 Å². The van der Waals surface area contributed by atoms with Crippen molar-refractivity contribution >= 4 is 45.7 Å². The summed E-state index contributed by atoms with van der Waals surface area (Å²) < 4.78 is 17.3. The smallest absolute Gasteiger partial charge is 0.371 e. The highest BCUT2D eigenvalue weighted by Gasteiger charge is 2.27. The molecule has 0 spiro atoms. The highest BCUT2D eigenvalue weighted by molar-refractivity contribution is 5.92. The van der Waals surface area contributed by atoms with E-state index in [1.165, 1.54) is 12.1 Å². The molecule has 13 heteroatoms. The largest absolute Gasteiger partial charge is 0.475 e. The lowest BCUT2D eigenvalue weighted by molar-refractivity contribution is -0.136. The number of nitrogens with one attached hydrogen (secondary N) is 1. The summed E-state index contributed by atoms with van der Waals surface area (Å²) in [6, 6.07) is 32.4. The van der Waals surface area contributed by atoms with Crippen LogP contribution in [0.5, 0.6) is 0 Å².